The van der Waals surface area contributed by atoms with Gasteiger partial charge in [-0.15, -0.1) is 0 Å². The molecule has 0 fully saturated rings. The Morgan fingerprint density at radius 2 is 1.42 bits per heavy atom. The zero-order valence-electron chi connectivity index (χ0n) is 14.4. The Hall–Kier alpha value is -3.35. The molecule has 2 aromatic carbocycles. The van der Waals surface area contributed by atoms with Crippen molar-refractivity contribution in [1.29, 1.82) is 0 Å². The molecule has 2 N–H and O–H groups in total. The summed E-state index contributed by atoms with van der Waals surface area (Å²) in [6.45, 7) is -0.395. The van der Waals surface area contributed by atoms with Crippen molar-refractivity contribution >= 4 is 29.2 Å². The van der Waals surface area contributed by atoms with E-state index in [9.17, 15) is 14.4 Å². The van der Waals surface area contributed by atoms with Crippen molar-refractivity contribution in [2.24, 2.45) is 0 Å². The van der Waals surface area contributed by atoms with E-state index in [0.717, 1.165) is 0 Å². The molecule has 0 aliphatic rings. The summed E-state index contributed by atoms with van der Waals surface area (Å²) in [5, 5.41) is 5.26. The van der Waals surface area contributed by atoms with Crippen molar-refractivity contribution in [3.63, 3.8) is 0 Å². The number of rotatable bonds is 8. The van der Waals surface area contributed by atoms with E-state index in [1.54, 1.807) is 55.6 Å². The molecular weight excluding hydrogens is 336 g/mol. The standard InChI is InChI=1S/C19H20N2O5/c1-25-16-9-7-15(8-10-16)20-17(22)11-12-19(24)26-13-18(23)21-14-5-3-2-4-6-14/h2-10H,11-13H2,1H3,(H,20,22)(H,21,23). The monoisotopic (exact) mass is 356 g/mol. The second-order valence-corrected chi connectivity index (χ2v) is 5.35. The summed E-state index contributed by atoms with van der Waals surface area (Å²) in [7, 11) is 1.55. The zero-order chi connectivity index (χ0) is 18.8. The first-order valence-electron chi connectivity index (χ1n) is 8.01. The maximum absolute atomic E-state index is 11.8. The fourth-order valence-electron chi connectivity index (χ4n) is 2.05. The molecule has 0 aliphatic carbocycles. The van der Waals surface area contributed by atoms with Gasteiger partial charge >= 0.3 is 5.97 Å². The van der Waals surface area contributed by atoms with Crippen LogP contribution in [0.5, 0.6) is 5.75 Å². The fourth-order valence-corrected chi connectivity index (χ4v) is 2.05. The molecule has 0 atom stereocenters. The van der Waals surface area contributed by atoms with E-state index in [0.29, 0.717) is 17.1 Å². The highest BCUT2D eigenvalue weighted by atomic mass is 16.5. The number of amides is 2. The van der Waals surface area contributed by atoms with Gasteiger partial charge in [0.15, 0.2) is 6.61 Å². The lowest BCUT2D eigenvalue weighted by Gasteiger charge is -2.07. The molecule has 0 heterocycles. The number of anilines is 2. The average molecular weight is 356 g/mol. The molecule has 0 aliphatic heterocycles. The Morgan fingerprint density at radius 3 is 2.08 bits per heavy atom. The van der Waals surface area contributed by atoms with E-state index >= 15 is 0 Å². The van der Waals surface area contributed by atoms with E-state index in [4.69, 9.17) is 9.47 Å². The van der Waals surface area contributed by atoms with Crippen LogP contribution < -0.4 is 15.4 Å². The number of nitrogens with one attached hydrogen (secondary N) is 2. The second-order valence-electron chi connectivity index (χ2n) is 5.35. The topological polar surface area (TPSA) is 93.7 Å². The lowest BCUT2D eigenvalue weighted by Crippen LogP contribution is -2.21. The Labute approximate surface area is 151 Å². The Morgan fingerprint density at radius 1 is 0.808 bits per heavy atom. The van der Waals surface area contributed by atoms with Crippen LogP contribution in [0.25, 0.3) is 0 Å². The predicted octanol–water partition coefficient (Wildman–Crippen LogP) is 2.60. The van der Waals surface area contributed by atoms with Crippen molar-refractivity contribution in [1.82, 2.24) is 0 Å². The number of para-hydroxylation sites is 1. The van der Waals surface area contributed by atoms with E-state index in [2.05, 4.69) is 10.6 Å². The summed E-state index contributed by atoms with van der Waals surface area (Å²) in [4.78, 5) is 35.1. The van der Waals surface area contributed by atoms with E-state index in [-0.39, 0.29) is 18.7 Å². The van der Waals surface area contributed by atoms with Crippen molar-refractivity contribution < 1.29 is 23.9 Å². The van der Waals surface area contributed by atoms with Crippen LogP contribution >= 0.6 is 0 Å². The molecule has 2 amide bonds. The summed E-state index contributed by atoms with van der Waals surface area (Å²) in [5.41, 5.74) is 1.22. The van der Waals surface area contributed by atoms with Gasteiger partial charge in [-0.1, -0.05) is 18.2 Å². The third-order valence-electron chi connectivity index (χ3n) is 3.35. The highest BCUT2D eigenvalue weighted by Crippen LogP contribution is 2.15. The first-order chi connectivity index (χ1) is 12.6. The molecular formula is C19H20N2O5. The number of benzene rings is 2. The maximum atomic E-state index is 11.8. The molecule has 7 nitrogen and oxygen atoms in total. The van der Waals surface area contributed by atoms with E-state index in [1.807, 2.05) is 6.07 Å². The van der Waals surface area contributed by atoms with E-state index < -0.39 is 18.5 Å². The normalized spacial score (nSPS) is 9.88. The van der Waals surface area contributed by atoms with Gasteiger partial charge in [-0.05, 0) is 36.4 Å². The minimum atomic E-state index is -0.613. The van der Waals surface area contributed by atoms with Gasteiger partial charge < -0.3 is 20.1 Å². The summed E-state index contributed by atoms with van der Waals surface area (Å²) in [6, 6.07) is 15.7. The highest BCUT2D eigenvalue weighted by Gasteiger charge is 2.11. The van der Waals surface area contributed by atoms with Gasteiger partial charge in [-0.3, -0.25) is 14.4 Å². The molecule has 2 rings (SSSR count). The number of esters is 1. The number of hydrogen-bond acceptors (Lipinski definition) is 5. The van der Waals surface area contributed by atoms with Gasteiger partial charge in [0, 0.05) is 17.8 Å². The van der Waals surface area contributed by atoms with Crippen LogP contribution in [0.3, 0.4) is 0 Å². The highest BCUT2D eigenvalue weighted by molar-refractivity contribution is 5.94. The average Bonchev–Trinajstić information content (AvgIpc) is 2.66. The molecule has 2 aromatic rings. The molecule has 7 heteroatoms. The largest absolute Gasteiger partial charge is 0.497 e. The second kappa shape index (κ2) is 9.83. The minimum absolute atomic E-state index is 0.0365. The number of hydrogen-bond donors (Lipinski definition) is 2. The van der Waals surface area contributed by atoms with Gasteiger partial charge in [0.05, 0.1) is 13.5 Å². The molecule has 0 unspecified atom stereocenters. The Kier molecular flexibility index (Phi) is 7.17. The van der Waals surface area contributed by atoms with Crippen molar-refractivity contribution in [3.8, 4) is 5.75 Å². The van der Waals surface area contributed by atoms with Gasteiger partial charge in [0.1, 0.15) is 5.75 Å². The van der Waals surface area contributed by atoms with Crippen LogP contribution in [0.4, 0.5) is 11.4 Å². The van der Waals surface area contributed by atoms with E-state index in [1.165, 1.54) is 0 Å². The zero-order valence-corrected chi connectivity index (χ0v) is 14.4. The molecule has 0 bridgehead atoms. The predicted molar refractivity (Wildman–Crippen MR) is 96.9 cm³/mol. The summed E-state index contributed by atoms with van der Waals surface area (Å²) in [5.74, 6) is -0.688. The van der Waals surface area contributed by atoms with Crippen LogP contribution in [0.1, 0.15) is 12.8 Å². The van der Waals surface area contributed by atoms with Crippen LogP contribution in [0.15, 0.2) is 54.6 Å². The summed E-state index contributed by atoms with van der Waals surface area (Å²) >= 11 is 0. The summed E-state index contributed by atoms with van der Waals surface area (Å²) < 4.78 is 9.89. The van der Waals surface area contributed by atoms with Gasteiger partial charge in [-0.2, -0.15) is 0 Å². The fraction of sp³-hybridized carbons (Fsp3) is 0.211. The lowest BCUT2D eigenvalue weighted by atomic mass is 10.2. The van der Waals surface area contributed by atoms with Crippen LogP contribution in [-0.4, -0.2) is 31.5 Å². The lowest BCUT2D eigenvalue weighted by molar-refractivity contribution is -0.147. The molecule has 0 aromatic heterocycles. The van der Waals surface area contributed by atoms with Gasteiger partial charge in [-0.25, -0.2) is 0 Å². The van der Waals surface area contributed by atoms with Crippen molar-refractivity contribution in [2.45, 2.75) is 12.8 Å². The first kappa shape index (κ1) is 19.0. The third kappa shape index (κ3) is 6.64. The SMILES string of the molecule is COc1ccc(NC(=O)CCC(=O)OCC(=O)Nc2ccccc2)cc1. The van der Waals surface area contributed by atoms with Gasteiger partial charge in [0.2, 0.25) is 5.91 Å². The molecule has 136 valence electrons. The molecule has 0 saturated heterocycles. The van der Waals surface area contributed by atoms with Crippen molar-refractivity contribution in [2.75, 3.05) is 24.4 Å². The van der Waals surface area contributed by atoms with Crippen LogP contribution in [0, 0.1) is 0 Å². The molecule has 0 radical (unpaired) electrons. The number of methoxy groups -OCH3 is 1. The Bertz CT molecular complexity index is 744. The first-order valence-corrected chi connectivity index (χ1v) is 8.01. The maximum Gasteiger partial charge on any atom is 0.306 e. The molecule has 26 heavy (non-hydrogen) atoms. The van der Waals surface area contributed by atoms with Crippen molar-refractivity contribution in [3.05, 3.63) is 54.6 Å². The summed E-state index contributed by atoms with van der Waals surface area (Å²) in [6.07, 6.45) is -0.147. The molecule has 0 saturated carbocycles. The quantitative estimate of drug-likeness (QED) is 0.709. The van der Waals surface area contributed by atoms with Crippen LogP contribution in [0.2, 0.25) is 0 Å². The number of carbonyl (C=O) groups is 3. The number of carbonyl (C=O) groups excluding carboxylic acids is 3. The molecule has 0 spiro atoms. The van der Waals surface area contributed by atoms with Crippen LogP contribution in [-0.2, 0) is 19.1 Å². The number of ether oxygens (including phenoxy) is 2. The Balaban J connectivity index is 1.65. The third-order valence-corrected chi connectivity index (χ3v) is 3.35. The van der Waals surface area contributed by atoms with Gasteiger partial charge in [0.25, 0.3) is 5.91 Å². The smallest absolute Gasteiger partial charge is 0.306 e. The minimum Gasteiger partial charge on any atom is -0.497 e.